The number of fused-ring (bicyclic) bond motifs is 1. The van der Waals surface area contributed by atoms with Crippen molar-refractivity contribution < 1.29 is 4.42 Å². The van der Waals surface area contributed by atoms with Crippen LogP contribution in [0, 0.1) is 6.92 Å². The summed E-state index contributed by atoms with van der Waals surface area (Å²) in [7, 11) is 0. The molecule has 20 heavy (non-hydrogen) atoms. The SMILES string of the molecule is Cc1cccc2nc(Nc3cccc(Cl)c3)oc(=O)c12. The lowest BCUT2D eigenvalue weighted by molar-refractivity contribution is 0.522. The van der Waals surface area contributed by atoms with Gasteiger partial charge in [-0.05, 0) is 36.8 Å². The Labute approximate surface area is 120 Å². The Bertz CT molecular complexity index is 843. The van der Waals surface area contributed by atoms with Gasteiger partial charge in [-0.2, -0.15) is 4.98 Å². The number of nitrogens with zero attached hydrogens (tertiary/aromatic N) is 1. The summed E-state index contributed by atoms with van der Waals surface area (Å²) in [5, 5.41) is 4.03. The summed E-state index contributed by atoms with van der Waals surface area (Å²) in [5.74, 6) is 0. The van der Waals surface area contributed by atoms with E-state index in [2.05, 4.69) is 10.3 Å². The fourth-order valence-corrected chi connectivity index (χ4v) is 2.22. The van der Waals surface area contributed by atoms with E-state index in [0.717, 1.165) is 5.56 Å². The van der Waals surface area contributed by atoms with E-state index in [9.17, 15) is 4.79 Å². The molecule has 0 radical (unpaired) electrons. The van der Waals surface area contributed by atoms with Crippen molar-refractivity contribution in [2.24, 2.45) is 0 Å². The maximum atomic E-state index is 12.0. The van der Waals surface area contributed by atoms with Gasteiger partial charge in [0.2, 0.25) is 0 Å². The summed E-state index contributed by atoms with van der Waals surface area (Å²) in [6, 6.07) is 12.7. The number of anilines is 2. The molecule has 0 amide bonds. The molecule has 0 aliphatic heterocycles. The van der Waals surface area contributed by atoms with Crippen LogP contribution < -0.4 is 10.9 Å². The molecule has 0 unspecified atom stereocenters. The molecule has 1 heterocycles. The second-order valence-corrected chi connectivity index (χ2v) is 4.85. The summed E-state index contributed by atoms with van der Waals surface area (Å²) in [5.41, 5.74) is 1.75. The highest BCUT2D eigenvalue weighted by Gasteiger charge is 2.08. The highest BCUT2D eigenvalue weighted by Crippen LogP contribution is 2.20. The Morgan fingerprint density at radius 1 is 1.20 bits per heavy atom. The van der Waals surface area contributed by atoms with E-state index < -0.39 is 5.63 Å². The van der Waals surface area contributed by atoms with Crippen molar-refractivity contribution in [3.8, 4) is 0 Å². The number of aryl methyl sites for hydroxylation is 1. The first-order chi connectivity index (χ1) is 9.63. The number of hydrogen-bond acceptors (Lipinski definition) is 4. The van der Waals surface area contributed by atoms with Crippen molar-refractivity contribution in [1.29, 1.82) is 0 Å². The smallest absolute Gasteiger partial charge is 0.348 e. The summed E-state index contributed by atoms with van der Waals surface area (Å²) in [6.45, 7) is 1.85. The molecule has 0 fully saturated rings. The third-order valence-electron chi connectivity index (χ3n) is 2.94. The molecule has 3 rings (SSSR count). The van der Waals surface area contributed by atoms with Crippen LogP contribution >= 0.6 is 11.6 Å². The molecule has 1 aromatic heterocycles. The number of nitrogens with one attached hydrogen (secondary N) is 1. The van der Waals surface area contributed by atoms with Gasteiger partial charge in [-0.3, -0.25) is 0 Å². The number of aromatic nitrogens is 1. The Morgan fingerprint density at radius 3 is 2.80 bits per heavy atom. The van der Waals surface area contributed by atoms with Crippen LogP contribution in [0.3, 0.4) is 0 Å². The molecule has 3 aromatic rings. The lowest BCUT2D eigenvalue weighted by Crippen LogP contribution is -2.06. The molecule has 1 N–H and O–H groups in total. The molecule has 0 spiro atoms. The molecule has 4 nitrogen and oxygen atoms in total. The van der Waals surface area contributed by atoms with E-state index in [1.165, 1.54) is 0 Å². The molecule has 0 saturated heterocycles. The Hall–Kier alpha value is -2.33. The monoisotopic (exact) mass is 286 g/mol. The molecule has 2 aromatic carbocycles. The van der Waals surface area contributed by atoms with Crippen LogP contribution in [0.2, 0.25) is 5.02 Å². The van der Waals surface area contributed by atoms with Crippen molar-refractivity contribution in [3.05, 3.63) is 63.5 Å². The molecule has 0 bridgehead atoms. The molecule has 100 valence electrons. The van der Waals surface area contributed by atoms with E-state index >= 15 is 0 Å². The molecule has 0 saturated carbocycles. The van der Waals surface area contributed by atoms with E-state index in [4.69, 9.17) is 16.0 Å². The van der Waals surface area contributed by atoms with Gasteiger partial charge in [-0.15, -0.1) is 0 Å². The Morgan fingerprint density at radius 2 is 2.00 bits per heavy atom. The summed E-state index contributed by atoms with van der Waals surface area (Å²) in [6.07, 6.45) is 0. The van der Waals surface area contributed by atoms with Gasteiger partial charge in [0.05, 0.1) is 10.9 Å². The molecule has 0 aliphatic carbocycles. The van der Waals surface area contributed by atoms with E-state index in [1.54, 1.807) is 24.3 Å². The van der Waals surface area contributed by atoms with Crippen molar-refractivity contribution in [1.82, 2.24) is 4.98 Å². The minimum Gasteiger partial charge on any atom is -0.388 e. The predicted molar refractivity (Wildman–Crippen MR) is 79.8 cm³/mol. The van der Waals surface area contributed by atoms with Crippen LogP contribution in [0.25, 0.3) is 10.9 Å². The average Bonchev–Trinajstić information content (AvgIpc) is 2.38. The first-order valence-corrected chi connectivity index (χ1v) is 6.44. The number of rotatable bonds is 2. The van der Waals surface area contributed by atoms with Gasteiger partial charge in [-0.1, -0.05) is 29.8 Å². The summed E-state index contributed by atoms with van der Waals surface area (Å²) < 4.78 is 5.19. The topological polar surface area (TPSA) is 55.1 Å². The normalized spacial score (nSPS) is 10.7. The molecule has 0 atom stereocenters. The maximum Gasteiger partial charge on any atom is 0.348 e. The van der Waals surface area contributed by atoms with Crippen molar-refractivity contribution in [2.75, 3.05) is 5.32 Å². The predicted octanol–water partition coefficient (Wildman–Crippen LogP) is 3.89. The van der Waals surface area contributed by atoms with Gasteiger partial charge < -0.3 is 9.73 Å². The highest BCUT2D eigenvalue weighted by molar-refractivity contribution is 6.30. The lowest BCUT2D eigenvalue weighted by Gasteiger charge is -2.06. The third kappa shape index (κ3) is 2.38. The zero-order chi connectivity index (χ0) is 14.1. The molecule has 5 heteroatoms. The van der Waals surface area contributed by atoms with E-state index in [-0.39, 0.29) is 6.01 Å². The maximum absolute atomic E-state index is 12.0. The third-order valence-corrected chi connectivity index (χ3v) is 3.18. The number of hydrogen-bond donors (Lipinski definition) is 1. The highest BCUT2D eigenvalue weighted by atomic mass is 35.5. The van der Waals surface area contributed by atoms with Gasteiger partial charge in [0, 0.05) is 10.7 Å². The average molecular weight is 287 g/mol. The fourth-order valence-electron chi connectivity index (χ4n) is 2.03. The van der Waals surface area contributed by atoms with Crippen molar-refractivity contribution in [3.63, 3.8) is 0 Å². The second-order valence-electron chi connectivity index (χ2n) is 4.41. The van der Waals surface area contributed by atoms with Crippen LogP contribution in [-0.2, 0) is 0 Å². The largest absolute Gasteiger partial charge is 0.388 e. The minimum atomic E-state index is -0.405. The Balaban J connectivity index is 2.07. The number of halogens is 1. The Kier molecular flexibility index (Phi) is 3.16. The fraction of sp³-hybridized carbons (Fsp3) is 0.0667. The van der Waals surface area contributed by atoms with Gasteiger partial charge in [0.25, 0.3) is 0 Å². The summed E-state index contributed by atoms with van der Waals surface area (Å²) >= 11 is 5.91. The van der Waals surface area contributed by atoms with Gasteiger partial charge in [0.15, 0.2) is 0 Å². The van der Waals surface area contributed by atoms with Crippen molar-refractivity contribution in [2.45, 2.75) is 6.92 Å². The van der Waals surface area contributed by atoms with E-state index in [1.807, 2.05) is 25.1 Å². The van der Waals surface area contributed by atoms with Gasteiger partial charge >= 0.3 is 11.6 Å². The van der Waals surface area contributed by atoms with Crippen molar-refractivity contribution >= 4 is 34.2 Å². The summed E-state index contributed by atoms with van der Waals surface area (Å²) in [4.78, 5) is 16.3. The molecular weight excluding hydrogens is 276 g/mol. The molecule has 0 aliphatic rings. The zero-order valence-electron chi connectivity index (χ0n) is 10.7. The van der Waals surface area contributed by atoms with Crippen LogP contribution in [0.15, 0.2) is 51.7 Å². The minimum absolute atomic E-state index is 0.148. The van der Waals surface area contributed by atoms with Crippen LogP contribution in [0.4, 0.5) is 11.7 Å². The van der Waals surface area contributed by atoms with Gasteiger partial charge in [-0.25, -0.2) is 4.79 Å². The van der Waals surface area contributed by atoms with Crippen LogP contribution in [0.1, 0.15) is 5.56 Å². The molecular formula is C15H11ClN2O2. The zero-order valence-corrected chi connectivity index (χ0v) is 11.4. The van der Waals surface area contributed by atoms with Crippen LogP contribution in [0.5, 0.6) is 0 Å². The lowest BCUT2D eigenvalue weighted by atomic mass is 10.1. The first-order valence-electron chi connectivity index (χ1n) is 6.06. The second kappa shape index (κ2) is 4.98. The number of benzene rings is 2. The van der Waals surface area contributed by atoms with Crippen LogP contribution in [-0.4, -0.2) is 4.98 Å². The quantitative estimate of drug-likeness (QED) is 0.776. The van der Waals surface area contributed by atoms with E-state index in [0.29, 0.717) is 21.6 Å². The standard InChI is InChI=1S/C15H11ClN2O2/c1-9-4-2-7-12-13(9)14(19)20-15(18-12)17-11-6-3-5-10(16)8-11/h2-8H,1H3,(H,17,18). The first kappa shape index (κ1) is 12.7. The van der Waals surface area contributed by atoms with Gasteiger partial charge in [0.1, 0.15) is 0 Å².